The van der Waals surface area contributed by atoms with E-state index in [9.17, 15) is 0 Å². The van der Waals surface area contributed by atoms with Gasteiger partial charge in [-0.3, -0.25) is 0 Å². The van der Waals surface area contributed by atoms with Gasteiger partial charge in [0, 0.05) is 36.8 Å². The van der Waals surface area contributed by atoms with Crippen molar-refractivity contribution >= 4 is 11.0 Å². The van der Waals surface area contributed by atoms with Crippen molar-refractivity contribution in [2.45, 2.75) is 51.7 Å². The molecule has 2 heterocycles. The van der Waals surface area contributed by atoms with E-state index in [4.69, 9.17) is 5.11 Å². The van der Waals surface area contributed by atoms with Crippen molar-refractivity contribution < 1.29 is 5.11 Å². The highest BCUT2D eigenvalue weighted by Crippen LogP contribution is 2.34. The van der Waals surface area contributed by atoms with Gasteiger partial charge in [0.25, 0.3) is 0 Å². The Kier molecular flexibility index (Phi) is 4.22. The third-order valence-corrected chi connectivity index (χ3v) is 4.18. The van der Waals surface area contributed by atoms with E-state index in [1.807, 2.05) is 17.1 Å². The van der Waals surface area contributed by atoms with E-state index in [1.54, 1.807) is 0 Å². The number of hydrogen-bond acceptors (Lipinski definition) is 4. The van der Waals surface area contributed by atoms with Gasteiger partial charge in [0.05, 0.1) is 6.20 Å². The normalized spacial score (nSPS) is 16.8. The molecule has 2 aromatic rings. The number of rotatable bonds is 7. The molecule has 0 aliphatic heterocycles. The molecule has 0 spiro atoms. The van der Waals surface area contributed by atoms with Crippen LogP contribution >= 0.6 is 0 Å². The van der Waals surface area contributed by atoms with Crippen LogP contribution in [0.3, 0.4) is 0 Å². The second-order valence-corrected chi connectivity index (χ2v) is 6.28. The van der Waals surface area contributed by atoms with Crippen molar-refractivity contribution in [1.29, 1.82) is 0 Å². The van der Waals surface area contributed by atoms with Crippen molar-refractivity contribution in [3.8, 4) is 0 Å². The summed E-state index contributed by atoms with van der Waals surface area (Å²) in [7, 11) is 0. The van der Waals surface area contributed by atoms with E-state index in [2.05, 4.69) is 35.3 Å². The molecule has 5 nitrogen and oxygen atoms in total. The molecule has 21 heavy (non-hydrogen) atoms. The third-order valence-electron chi connectivity index (χ3n) is 4.18. The Balaban J connectivity index is 1.69. The highest BCUT2D eigenvalue weighted by molar-refractivity contribution is 5.75. The van der Waals surface area contributed by atoms with Gasteiger partial charge < -0.3 is 10.4 Å². The summed E-state index contributed by atoms with van der Waals surface area (Å²) in [5.41, 5.74) is 2.12. The average molecular weight is 288 g/mol. The highest BCUT2D eigenvalue weighted by atomic mass is 16.3. The summed E-state index contributed by atoms with van der Waals surface area (Å²) >= 11 is 0. The van der Waals surface area contributed by atoms with Crippen molar-refractivity contribution in [1.82, 2.24) is 20.1 Å². The van der Waals surface area contributed by atoms with Crippen LogP contribution in [0.4, 0.5) is 0 Å². The van der Waals surface area contributed by atoms with E-state index in [0.717, 1.165) is 29.9 Å². The summed E-state index contributed by atoms with van der Waals surface area (Å²) in [6.45, 7) is 5.28. The SMILES string of the molecule is CC(C)n1ncc2cc(CNC(CCO)C3CC3)cnc21. The van der Waals surface area contributed by atoms with Crippen LogP contribution in [-0.4, -0.2) is 32.5 Å². The first-order valence-electron chi connectivity index (χ1n) is 7.85. The molecule has 0 saturated heterocycles. The Morgan fingerprint density at radius 2 is 2.19 bits per heavy atom. The number of pyridine rings is 1. The zero-order chi connectivity index (χ0) is 14.8. The van der Waals surface area contributed by atoms with Crippen molar-refractivity contribution in [3.63, 3.8) is 0 Å². The third kappa shape index (κ3) is 3.24. The summed E-state index contributed by atoms with van der Waals surface area (Å²) < 4.78 is 1.95. The first-order chi connectivity index (χ1) is 10.2. The summed E-state index contributed by atoms with van der Waals surface area (Å²) in [4.78, 5) is 4.56. The maximum atomic E-state index is 9.14. The number of nitrogens with zero attached hydrogens (tertiary/aromatic N) is 3. The van der Waals surface area contributed by atoms with Crippen LogP contribution in [0, 0.1) is 5.92 Å². The molecule has 0 aromatic carbocycles. The summed E-state index contributed by atoms with van der Waals surface area (Å²) in [5.74, 6) is 0.748. The molecule has 3 rings (SSSR count). The molecule has 5 heteroatoms. The Bertz CT molecular complexity index is 603. The Morgan fingerprint density at radius 1 is 1.38 bits per heavy atom. The number of nitrogens with one attached hydrogen (secondary N) is 1. The molecule has 2 N–H and O–H groups in total. The maximum Gasteiger partial charge on any atom is 0.157 e. The molecular weight excluding hydrogens is 264 g/mol. The molecule has 114 valence electrons. The van der Waals surface area contributed by atoms with Gasteiger partial charge in [0.15, 0.2) is 5.65 Å². The fourth-order valence-electron chi connectivity index (χ4n) is 2.85. The first kappa shape index (κ1) is 14.5. The minimum atomic E-state index is 0.257. The van der Waals surface area contributed by atoms with Crippen molar-refractivity contribution in [2.75, 3.05) is 6.61 Å². The van der Waals surface area contributed by atoms with Gasteiger partial charge in [-0.2, -0.15) is 5.10 Å². The molecule has 1 aliphatic rings. The number of aliphatic hydroxyl groups is 1. The smallest absolute Gasteiger partial charge is 0.157 e. The lowest BCUT2D eigenvalue weighted by Crippen LogP contribution is -2.31. The standard InChI is InChI=1S/C16H24N4O/c1-11(2)20-16-14(10-19-20)7-12(9-18-16)8-17-15(5-6-21)13-3-4-13/h7,9-11,13,15,17,21H,3-6,8H2,1-2H3. The van der Waals surface area contributed by atoms with Gasteiger partial charge in [-0.25, -0.2) is 9.67 Å². The predicted octanol–water partition coefficient (Wildman–Crippen LogP) is 2.26. The fraction of sp³-hybridized carbons (Fsp3) is 0.625. The Hall–Kier alpha value is -1.46. The van der Waals surface area contributed by atoms with Gasteiger partial charge in [-0.1, -0.05) is 0 Å². The zero-order valence-electron chi connectivity index (χ0n) is 12.8. The summed E-state index contributed by atoms with van der Waals surface area (Å²) in [6.07, 6.45) is 7.23. The van der Waals surface area contributed by atoms with Gasteiger partial charge >= 0.3 is 0 Å². The largest absolute Gasteiger partial charge is 0.396 e. The van der Waals surface area contributed by atoms with Crippen LogP contribution in [0.2, 0.25) is 0 Å². The first-order valence-corrected chi connectivity index (χ1v) is 7.85. The summed E-state index contributed by atoms with van der Waals surface area (Å²) in [5, 5.41) is 18.2. The maximum absolute atomic E-state index is 9.14. The molecule has 1 aliphatic carbocycles. The minimum Gasteiger partial charge on any atom is -0.396 e. The molecule has 1 saturated carbocycles. The van der Waals surface area contributed by atoms with Crippen LogP contribution in [0.1, 0.15) is 44.7 Å². The molecule has 1 unspecified atom stereocenters. The number of aromatic nitrogens is 3. The second-order valence-electron chi connectivity index (χ2n) is 6.28. The van der Waals surface area contributed by atoms with Crippen LogP contribution < -0.4 is 5.32 Å². The molecular formula is C16H24N4O. The molecule has 0 bridgehead atoms. The van der Waals surface area contributed by atoms with E-state index in [1.165, 1.54) is 18.4 Å². The van der Waals surface area contributed by atoms with Gasteiger partial charge in [-0.15, -0.1) is 0 Å². The van der Waals surface area contributed by atoms with E-state index in [0.29, 0.717) is 12.1 Å². The van der Waals surface area contributed by atoms with Crippen LogP contribution in [0.5, 0.6) is 0 Å². The molecule has 0 radical (unpaired) electrons. The average Bonchev–Trinajstić information content (AvgIpc) is 3.22. The van der Waals surface area contributed by atoms with Crippen molar-refractivity contribution in [3.05, 3.63) is 24.0 Å². The lowest BCUT2D eigenvalue weighted by molar-refractivity contribution is 0.255. The molecule has 1 fully saturated rings. The van der Waals surface area contributed by atoms with Gasteiger partial charge in [0.2, 0.25) is 0 Å². The molecule has 1 atom stereocenters. The molecule has 0 amide bonds. The quantitative estimate of drug-likeness (QED) is 0.820. The van der Waals surface area contributed by atoms with Crippen LogP contribution in [0.25, 0.3) is 11.0 Å². The second kappa shape index (κ2) is 6.12. The fourth-order valence-corrected chi connectivity index (χ4v) is 2.85. The minimum absolute atomic E-state index is 0.257. The van der Waals surface area contributed by atoms with Gasteiger partial charge in [0.1, 0.15) is 0 Å². The predicted molar refractivity (Wildman–Crippen MR) is 83.0 cm³/mol. The van der Waals surface area contributed by atoms with E-state index in [-0.39, 0.29) is 6.61 Å². The monoisotopic (exact) mass is 288 g/mol. The lowest BCUT2D eigenvalue weighted by Gasteiger charge is -2.17. The Labute approximate surface area is 125 Å². The summed E-state index contributed by atoms with van der Waals surface area (Å²) in [6, 6.07) is 2.91. The van der Waals surface area contributed by atoms with Crippen LogP contribution in [-0.2, 0) is 6.54 Å². The van der Waals surface area contributed by atoms with Gasteiger partial charge in [-0.05, 0) is 50.7 Å². The lowest BCUT2D eigenvalue weighted by atomic mass is 10.1. The highest BCUT2D eigenvalue weighted by Gasteiger charge is 2.30. The zero-order valence-corrected chi connectivity index (χ0v) is 12.8. The van der Waals surface area contributed by atoms with Crippen LogP contribution in [0.15, 0.2) is 18.5 Å². The number of hydrogen-bond donors (Lipinski definition) is 2. The van der Waals surface area contributed by atoms with E-state index < -0.39 is 0 Å². The van der Waals surface area contributed by atoms with Crippen molar-refractivity contribution in [2.24, 2.45) is 5.92 Å². The number of fused-ring (bicyclic) bond motifs is 1. The van der Waals surface area contributed by atoms with E-state index >= 15 is 0 Å². The molecule has 2 aromatic heterocycles. The Morgan fingerprint density at radius 3 is 2.86 bits per heavy atom. The topological polar surface area (TPSA) is 63.0 Å². The number of aliphatic hydroxyl groups excluding tert-OH is 1.